The largest absolute Gasteiger partial charge is 0.372 e. The third kappa shape index (κ3) is 3.20. The average molecular weight is 242 g/mol. The van der Waals surface area contributed by atoms with Crippen LogP contribution in [0.25, 0.3) is 0 Å². The highest BCUT2D eigenvalue weighted by molar-refractivity contribution is 5.41. The molecule has 0 bridgehead atoms. The highest BCUT2D eigenvalue weighted by atomic mass is 15.1. The van der Waals surface area contributed by atoms with E-state index in [4.69, 9.17) is 0 Å². The lowest BCUT2D eigenvalue weighted by Gasteiger charge is -2.07. The molecule has 1 aromatic heterocycles. The number of benzene rings is 1. The van der Waals surface area contributed by atoms with Gasteiger partial charge in [0.2, 0.25) is 0 Å². The molecule has 0 aliphatic heterocycles. The van der Waals surface area contributed by atoms with E-state index >= 15 is 0 Å². The second-order valence-corrected chi connectivity index (χ2v) is 4.06. The normalized spacial score (nSPS) is 10.1. The highest BCUT2D eigenvalue weighted by Gasteiger charge is 1.98. The van der Waals surface area contributed by atoms with Gasteiger partial charge < -0.3 is 10.6 Å². The summed E-state index contributed by atoms with van der Waals surface area (Å²) in [6.07, 6.45) is 4.49. The summed E-state index contributed by atoms with van der Waals surface area (Å²) in [7, 11) is 1.83. The summed E-state index contributed by atoms with van der Waals surface area (Å²) in [5.41, 5.74) is 2.60. The maximum absolute atomic E-state index is 4.36. The first-order chi connectivity index (χ1) is 8.81. The van der Waals surface area contributed by atoms with Gasteiger partial charge in [-0.15, -0.1) is 0 Å². The Labute approximate surface area is 107 Å². The van der Waals surface area contributed by atoms with Crippen LogP contribution in [0.2, 0.25) is 0 Å². The summed E-state index contributed by atoms with van der Waals surface area (Å²) in [4.78, 5) is 8.46. The predicted octanol–water partition coefficient (Wildman–Crippen LogP) is 2.69. The number of nitrogens with zero attached hydrogens (tertiary/aromatic N) is 2. The maximum atomic E-state index is 4.36. The average Bonchev–Trinajstić information content (AvgIpc) is 2.46. The first kappa shape index (κ1) is 12.4. The van der Waals surface area contributed by atoms with E-state index in [9.17, 15) is 0 Å². The van der Waals surface area contributed by atoms with Crippen molar-refractivity contribution in [3.8, 4) is 0 Å². The van der Waals surface area contributed by atoms with Crippen molar-refractivity contribution < 1.29 is 0 Å². The van der Waals surface area contributed by atoms with Gasteiger partial charge in [0.1, 0.15) is 11.6 Å². The molecule has 94 valence electrons. The minimum Gasteiger partial charge on any atom is -0.372 e. The van der Waals surface area contributed by atoms with Gasteiger partial charge in [-0.05, 0) is 17.5 Å². The summed E-state index contributed by atoms with van der Waals surface area (Å²) >= 11 is 0. The zero-order chi connectivity index (χ0) is 12.8. The lowest BCUT2D eigenvalue weighted by atomic mass is 10.1. The third-order valence-electron chi connectivity index (χ3n) is 2.80. The number of hydrogen-bond acceptors (Lipinski definition) is 4. The molecule has 0 saturated heterocycles. The van der Waals surface area contributed by atoms with E-state index in [2.05, 4.69) is 51.8 Å². The standard InChI is InChI=1S/C14H18N4/c1-3-11-4-6-12(7-5-11)8-17-14-10-16-9-13(15-2)18-14/h4-7,9-10H,3,8H2,1-2H3,(H2,15,17,18). The molecule has 4 heteroatoms. The van der Waals surface area contributed by atoms with Crippen molar-refractivity contribution in [1.82, 2.24) is 9.97 Å². The van der Waals surface area contributed by atoms with Gasteiger partial charge in [-0.1, -0.05) is 31.2 Å². The van der Waals surface area contributed by atoms with Crippen LogP contribution < -0.4 is 10.6 Å². The molecule has 4 nitrogen and oxygen atoms in total. The van der Waals surface area contributed by atoms with Gasteiger partial charge in [-0.2, -0.15) is 0 Å². The van der Waals surface area contributed by atoms with Gasteiger partial charge in [0, 0.05) is 13.6 Å². The first-order valence-corrected chi connectivity index (χ1v) is 6.13. The molecule has 0 spiro atoms. The Balaban J connectivity index is 1.97. The molecule has 1 aromatic carbocycles. The van der Waals surface area contributed by atoms with Crippen LogP contribution in [0.1, 0.15) is 18.1 Å². The number of nitrogens with one attached hydrogen (secondary N) is 2. The molecule has 0 aliphatic carbocycles. The maximum Gasteiger partial charge on any atom is 0.147 e. The van der Waals surface area contributed by atoms with E-state index in [0.717, 1.165) is 24.6 Å². The second-order valence-electron chi connectivity index (χ2n) is 4.06. The monoisotopic (exact) mass is 242 g/mol. The van der Waals surface area contributed by atoms with Crippen LogP contribution in [-0.2, 0) is 13.0 Å². The van der Waals surface area contributed by atoms with E-state index < -0.39 is 0 Å². The third-order valence-corrected chi connectivity index (χ3v) is 2.80. The number of rotatable bonds is 5. The van der Waals surface area contributed by atoms with Gasteiger partial charge in [0.15, 0.2) is 0 Å². The molecular formula is C14H18N4. The van der Waals surface area contributed by atoms with Crippen LogP contribution in [0, 0.1) is 0 Å². The molecule has 0 unspecified atom stereocenters. The molecule has 0 atom stereocenters. The van der Waals surface area contributed by atoms with Crippen molar-refractivity contribution in [3.05, 3.63) is 47.8 Å². The second kappa shape index (κ2) is 6.00. The highest BCUT2D eigenvalue weighted by Crippen LogP contribution is 2.09. The van der Waals surface area contributed by atoms with Crippen LogP contribution >= 0.6 is 0 Å². The van der Waals surface area contributed by atoms with E-state index in [1.165, 1.54) is 11.1 Å². The van der Waals surface area contributed by atoms with Gasteiger partial charge in [-0.3, -0.25) is 4.98 Å². The Morgan fingerprint density at radius 2 is 1.67 bits per heavy atom. The lowest BCUT2D eigenvalue weighted by Crippen LogP contribution is -2.03. The molecule has 2 aromatic rings. The Morgan fingerprint density at radius 3 is 2.33 bits per heavy atom. The van der Waals surface area contributed by atoms with Crippen LogP contribution in [0.15, 0.2) is 36.7 Å². The van der Waals surface area contributed by atoms with Gasteiger partial charge >= 0.3 is 0 Å². The summed E-state index contributed by atoms with van der Waals surface area (Å²) in [6.45, 7) is 2.91. The van der Waals surface area contributed by atoms with Crippen molar-refractivity contribution in [2.45, 2.75) is 19.9 Å². The van der Waals surface area contributed by atoms with Crippen molar-refractivity contribution >= 4 is 11.6 Å². The van der Waals surface area contributed by atoms with Crippen molar-refractivity contribution in [1.29, 1.82) is 0 Å². The summed E-state index contributed by atoms with van der Waals surface area (Å²) in [5.74, 6) is 1.54. The Morgan fingerprint density at radius 1 is 1.00 bits per heavy atom. The smallest absolute Gasteiger partial charge is 0.147 e. The van der Waals surface area contributed by atoms with Crippen molar-refractivity contribution in [2.75, 3.05) is 17.7 Å². The van der Waals surface area contributed by atoms with Crippen molar-refractivity contribution in [3.63, 3.8) is 0 Å². The Hall–Kier alpha value is -2.10. The van der Waals surface area contributed by atoms with Crippen LogP contribution in [-0.4, -0.2) is 17.0 Å². The molecule has 18 heavy (non-hydrogen) atoms. The van der Waals surface area contributed by atoms with E-state index in [0.29, 0.717) is 0 Å². The van der Waals surface area contributed by atoms with E-state index in [1.54, 1.807) is 12.4 Å². The van der Waals surface area contributed by atoms with Crippen LogP contribution in [0.3, 0.4) is 0 Å². The fourth-order valence-corrected chi connectivity index (χ4v) is 1.66. The lowest BCUT2D eigenvalue weighted by molar-refractivity contribution is 1.07. The Bertz CT molecular complexity index is 493. The summed E-state index contributed by atoms with van der Waals surface area (Å²) in [6, 6.07) is 8.60. The zero-order valence-corrected chi connectivity index (χ0v) is 10.8. The Kier molecular flexibility index (Phi) is 4.12. The fraction of sp³-hybridized carbons (Fsp3) is 0.286. The number of hydrogen-bond donors (Lipinski definition) is 2. The molecule has 2 rings (SSSR count). The van der Waals surface area contributed by atoms with E-state index in [-0.39, 0.29) is 0 Å². The number of anilines is 2. The van der Waals surface area contributed by atoms with Crippen LogP contribution in [0.5, 0.6) is 0 Å². The number of aromatic nitrogens is 2. The topological polar surface area (TPSA) is 49.8 Å². The molecular weight excluding hydrogens is 224 g/mol. The first-order valence-electron chi connectivity index (χ1n) is 6.13. The molecule has 1 heterocycles. The zero-order valence-electron chi connectivity index (χ0n) is 10.8. The SMILES string of the molecule is CCc1ccc(CNc2cncc(NC)n2)cc1. The van der Waals surface area contributed by atoms with Gasteiger partial charge in [0.05, 0.1) is 12.4 Å². The molecule has 0 amide bonds. The van der Waals surface area contributed by atoms with Crippen molar-refractivity contribution in [2.24, 2.45) is 0 Å². The summed E-state index contributed by atoms with van der Waals surface area (Å²) in [5, 5.41) is 6.23. The molecule has 2 N–H and O–H groups in total. The fourth-order valence-electron chi connectivity index (χ4n) is 1.66. The van der Waals surface area contributed by atoms with Gasteiger partial charge in [-0.25, -0.2) is 4.98 Å². The van der Waals surface area contributed by atoms with Crippen LogP contribution in [0.4, 0.5) is 11.6 Å². The molecule has 0 aliphatic rings. The van der Waals surface area contributed by atoms with E-state index in [1.807, 2.05) is 7.05 Å². The minimum absolute atomic E-state index is 0.756. The quantitative estimate of drug-likeness (QED) is 0.846. The predicted molar refractivity (Wildman–Crippen MR) is 74.7 cm³/mol. The number of aryl methyl sites for hydroxylation is 1. The summed E-state index contributed by atoms with van der Waals surface area (Å²) < 4.78 is 0. The molecule has 0 saturated carbocycles. The van der Waals surface area contributed by atoms with Gasteiger partial charge in [0.25, 0.3) is 0 Å². The molecule has 0 radical (unpaired) electrons. The molecule has 0 fully saturated rings. The minimum atomic E-state index is 0.756.